The van der Waals surface area contributed by atoms with E-state index in [1.54, 1.807) is 5.38 Å². The normalized spacial score (nSPS) is 19.2. The average Bonchev–Trinajstić information content (AvgIpc) is 3.32. The zero-order chi connectivity index (χ0) is 25.1. The molecular weight excluding hydrogens is 464 g/mol. The van der Waals surface area contributed by atoms with Crippen molar-refractivity contribution in [1.82, 2.24) is 20.5 Å². The Morgan fingerprint density at radius 2 is 1.88 bits per heavy atom. The molecule has 1 aliphatic rings. The number of aliphatic imine (C=N–C) groups is 2. The van der Waals surface area contributed by atoms with Gasteiger partial charge < -0.3 is 38.5 Å². The van der Waals surface area contributed by atoms with E-state index in [9.17, 15) is 19.2 Å². The van der Waals surface area contributed by atoms with Crippen molar-refractivity contribution in [3.05, 3.63) is 16.6 Å². The number of Topliss-reactive ketones (excluding diaryl/α,β-unsaturated/α-hetero) is 1. The number of thiazole rings is 1. The third-order valence-corrected chi connectivity index (χ3v) is 5.75. The molecule has 1 aliphatic heterocycles. The van der Waals surface area contributed by atoms with Crippen molar-refractivity contribution < 1.29 is 19.2 Å². The van der Waals surface area contributed by atoms with E-state index in [1.165, 1.54) is 6.20 Å². The second kappa shape index (κ2) is 13.3. The Bertz CT molecular complexity index is 907. The molecule has 15 heteroatoms. The molecule has 3 amide bonds. The van der Waals surface area contributed by atoms with Crippen LogP contribution in [0.1, 0.15) is 35.5 Å². The van der Waals surface area contributed by atoms with Crippen molar-refractivity contribution in [2.75, 3.05) is 13.1 Å². The van der Waals surface area contributed by atoms with Crippen molar-refractivity contribution in [2.24, 2.45) is 32.9 Å². The quantitative estimate of drug-likeness (QED) is 0.0944. The zero-order valence-electron chi connectivity index (χ0n) is 18.5. The molecule has 1 aromatic heterocycles. The fourth-order valence-corrected chi connectivity index (χ4v) is 3.95. The van der Waals surface area contributed by atoms with Crippen molar-refractivity contribution in [3.8, 4) is 0 Å². The molecule has 0 radical (unpaired) electrons. The van der Waals surface area contributed by atoms with Crippen LogP contribution < -0.4 is 33.6 Å². The number of carbonyl (C=O) groups is 4. The van der Waals surface area contributed by atoms with Gasteiger partial charge in [-0.15, -0.1) is 11.3 Å². The van der Waals surface area contributed by atoms with Crippen LogP contribution in [0.2, 0.25) is 0 Å². The fourth-order valence-electron chi connectivity index (χ4n) is 3.32. The molecule has 0 spiro atoms. The monoisotopic (exact) mass is 494 g/mol. The Hall–Kier alpha value is -3.43. The molecule has 34 heavy (non-hydrogen) atoms. The fraction of sp³-hybridized carbons (Fsp3) is 0.526. The molecule has 2 unspecified atom stereocenters. The SMILES string of the molecule is N/C=N/C(N)CC[C@H](NC(=O)CN1CC(=O)N[C@H](CCC(N)/N=C/N)C1=O)C(=O)c1nccs1. The van der Waals surface area contributed by atoms with Gasteiger partial charge in [0.1, 0.15) is 19.1 Å². The van der Waals surface area contributed by atoms with Crippen molar-refractivity contribution >= 4 is 47.5 Å². The molecule has 1 fully saturated rings. The standard InChI is InChI=1S/C19H30N10O4S/c20-9-25-13(22)3-1-11(17(32)18-24-5-6-34-18)27-15(30)7-29-8-16(31)28-12(19(29)33)2-4-14(23)26-10-21/h5-6,9-14H,1-4,7-8,22-23H2,(H2,20,25)(H2,21,26)(H,27,30)(H,28,31)/t11-,12+,13?,14?/m0/s1. The Kier molecular flexibility index (Phi) is 10.5. The molecule has 2 rings (SSSR count). The van der Waals surface area contributed by atoms with Crippen LogP contribution in [-0.4, -0.2) is 83.6 Å². The molecule has 14 nitrogen and oxygen atoms in total. The van der Waals surface area contributed by atoms with Crippen LogP contribution in [0.25, 0.3) is 0 Å². The Balaban J connectivity index is 2.02. The summed E-state index contributed by atoms with van der Waals surface area (Å²) in [5, 5.41) is 7.09. The summed E-state index contributed by atoms with van der Waals surface area (Å²) < 4.78 is 0. The van der Waals surface area contributed by atoms with E-state index in [2.05, 4.69) is 25.6 Å². The minimum Gasteiger partial charge on any atom is -0.390 e. The number of ketones is 1. The van der Waals surface area contributed by atoms with Crippen LogP contribution in [0, 0.1) is 0 Å². The second-order valence-corrected chi connectivity index (χ2v) is 8.42. The summed E-state index contributed by atoms with van der Waals surface area (Å²) in [7, 11) is 0. The van der Waals surface area contributed by atoms with Gasteiger partial charge in [-0.1, -0.05) is 0 Å². The average molecular weight is 495 g/mol. The van der Waals surface area contributed by atoms with Crippen LogP contribution in [0.4, 0.5) is 0 Å². The first kappa shape index (κ1) is 26.8. The smallest absolute Gasteiger partial charge is 0.246 e. The van der Waals surface area contributed by atoms with Gasteiger partial charge in [-0.05, 0) is 25.7 Å². The summed E-state index contributed by atoms with van der Waals surface area (Å²) >= 11 is 1.14. The summed E-state index contributed by atoms with van der Waals surface area (Å²) in [5.74, 6) is -1.82. The van der Waals surface area contributed by atoms with Gasteiger partial charge in [0.25, 0.3) is 0 Å². The topological polar surface area (TPSA) is 237 Å². The van der Waals surface area contributed by atoms with Crippen LogP contribution in [-0.2, 0) is 14.4 Å². The maximum atomic E-state index is 12.8. The van der Waals surface area contributed by atoms with Crippen LogP contribution in [0.3, 0.4) is 0 Å². The summed E-state index contributed by atoms with van der Waals surface area (Å²) in [6, 6.07) is -1.78. The van der Waals surface area contributed by atoms with Gasteiger partial charge in [-0.2, -0.15) is 0 Å². The molecule has 1 aromatic rings. The van der Waals surface area contributed by atoms with E-state index < -0.39 is 48.7 Å². The van der Waals surface area contributed by atoms with Crippen LogP contribution in [0.15, 0.2) is 21.6 Å². The van der Waals surface area contributed by atoms with Gasteiger partial charge in [0.15, 0.2) is 5.01 Å². The lowest BCUT2D eigenvalue weighted by Gasteiger charge is -2.32. The summed E-state index contributed by atoms with van der Waals surface area (Å²) in [5.41, 5.74) is 22.0. The minimum absolute atomic E-state index is 0.180. The molecule has 2 heterocycles. The van der Waals surface area contributed by atoms with Gasteiger partial charge in [0, 0.05) is 11.6 Å². The van der Waals surface area contributed by atoms with Gasteiger partial charge >= 0.3 is 0 Å². The lowest BCUT2D eigenvalue weighted by molar-refractivity contribution is -0.146. The molecule has 10 N–H and O–H groups in total. The third-order valence-electron chi connectivity index (χ3n) is 4.97. The first-order chi connectivity index (χ1) is 16.2. The molecule has 0 aromatic carbocycles. The number of carbonyl (C=O) groups excluding carboxylic acids is 4. The molecule has 186 valence electrons. The predicted molar refractivity (Wildman–Crippen MR) is 127 cm³/mol. The highest BCUT2D eigenvalue weighted by Gasteiger charge is 2.34. The first-order valence-electron chi connectivity index (χ1n) is 10.5. The van der Waals surface area contributed by atoms with Crippen molar-refractivity contribution in [1.29, 1.82) is 0 Å². The number of hydrogen-bond acceptors (Lipinski definition) is 10. The van der Waals surface area contributed by atoms with Crippen molar-refractivity contribution in [3.63, 3.8) is 0 Å². The molecule has 1 saturated heterocycles. The number of amides is 3. The first-order valence-corrected chi connectivity index (χ1v) is 11.4. The van der Waals surface area contributed by atoms with Crippen LogP contribution in [0.5, 0.6) is 0 Å². The predicted octanol–water partition coefficient (Wildman–Crippen LogP) is -2.76. The van der Waals surface area contributed by atoms with E-state index >= 15 is 0 Å². The Morgan fingerprint density at radius 1 is 1.21 bits per heavy atom. The maximum Gasteiger partial charge on any atom is 0.246 e. The largest absolute Gasteiger partial charge is 0.390 e. The van der Waals surface area contributed by atoms with E-state index in [0.29, 0.717) is 6.42 Å². The lowest BCUT2D eigenvalue weighted by Crippen LogP contribution is -2.60. The van der Waals surface area contributed by atoms with Gasteiger partial charge in [0.2, 0.25) is 23.5 Å². The number of nitrogens with one attached hydrogen (secondary N) is 2. The molecule has 0 bridgehead atoms. The highest BCUT2D eigenvalue weighted by atomic mass is 32.1. The highest BCUT2D eigenvalue weighted by Crippen LogP contribution is 2.13. The van der Waals surface area contributed by atoms with E-state index in [4.69, 9.17) is 22.9 Å². The second-order valence-electron chi connectivity index (χ2n) is 7.52. The zero-order valence-corrected chi connectivity index (χ0v) is 19.3. The number of nitrogens with two attached hydrogens (primary N) is 4. The third kappa shape index (κ3) is 8.17. The Morgan fingerprint density at radius 3 is 2.50 bits per heavy atom. The number of rotatable bonds is 13. The van der Waals surface area contributed by atoms with Crippen LogP contribution >= 0.6 is 11.3 Å². The van der Waals surface area contributed by atoms with Crippen molar-refractivity contribution in [2.45, 2.75) is 50.1 Å². The Labute approximate surface area is 200 Å². The molecular formula is C19H30N10O4S. The highest BCUT2D eigenvalue weighted by molar-refractivity contribution is 7.11. The van der Waals surface area contributed by atoms with E-state index in [1.807, 2.05) is 0 Å². The number of piperazine rings is 1. The number of nitrogens with zero attached hydrogens (tertiary/aromatic N) is 4. The summed E-state index contributed by atoms with van der Waals surface area (Å²) in [4.78, 5) is 63.2. The summed E-state index contributed by atoms with van der Waals surface area (Å²) in [6.45, 7) is -0.679. The van der Waals surface area contributed by atoms with Gasteiger partial charge in [0.05, 0.1) is 31.1 Å². The summed E-state index contributed by atoms with van der Waals surface area (Å²) in [6.07, 6.45) is 3.36. The van der Waals surface area contributed by atoms with E-state index in [-0.39, 0.29) is 36.6 Å². The number of hydrogen-bond donors (Lipinski definition) is 6. The molecule has 4 atom stereocenters. The maximum absolute atomic E-state index is 12.8. The van der Waals surface area contributed by atoms with Gasteiger partial charge in [-0.25, -0.2) is 4.98 Å². The lowest BCUT2D eigenvalue weighted by atomic mass is 10.0. The van der Waals surface area contributed by atoms with E-state index in [0.717, 1.165) is 28.9 Å². The molecule has 0 saturated carbocycles. The minimum atomic E-state index is -0.936. The van der Waals surface area contributed by atoms with Gasteiger partial charge in [-0.3, -0.25) is 29.2 Å². The molecule has 0 aliphatic carbocycles. The number of aromatic nitrogens is 1.